The van der Waals surface area contributed by atoms with E-state index in [1.54, 1.807) is 0 Å². The summed E-state index contributed by atoms with van der Waals surface area (Å²) in [6.45, 7) is 2.95. The molecule has 7 nitrogen and oxygen atoms in total. The largest absolute Gasteiger partial charge is 0.382 e. The number of nitrogens with zero attached hydrogens (tertiary/aromatic N) is 2. The van der Waals surface area contributed by atoms with E-state index in [9.17, 15) is 4.79 Å². The van der Waals surface area contributed by atoms with Crippen LogP contribution in [-0.4, -0.2) is 49.3 Å². The second-order valence-corrected chi connectivity index (χ2v) is 6.57. The molecule has 21 heavy (non-hydrogen) atoms. The minimum atomic E-state index is -0.159. The normalized spacial score (nSPS) is 26.0. The minimum Gasteiger partial charge on any atom is -0.382 e. The van der Waals surface area contributed by atoms with Gasteiger partial charge in [-0.05, 0) is 19.3 Å². The highest BCUT2D eigenvalue weighted by molar-refractivity contribution is 7.18. The molecule has 2 unspecified atom stereocenters. The topological polar surface area (TPSA) is 107 Å². The molecule has 2 atom stereocenters. The summed E-state index contributed by atoms with van der Waals surface area (Å²) in [4.78, 5) is 19.2. The predicted molar refractivity (Wildman–Crippen MR) is 82.6 cm³/mol. The van der Waals surface area contributed by atoms with Crippen LogP contribution in [0.15, 0.2) is 0 Å². The first-order chi connectivity index (χ1) is 10.1. The molecule has 0 spiro atoms. The number of ether oxygens (including phenoxy) is 1. The van der Waals surface area contributed by atoms with Gasteiger partial charge in [0.2, 0.25) is 0 Å². The zero-order valence-corrected chi connectivity index (χ0v) is 12.7. The van der Waals surface area contributed by atoms with Crippen LogP contribution in [0, 0.1) is 0 Å². The Balaban J connectivity index is 1.69. The van der Waals surface area contributed by atoms with E-state index in [2.05, 4.69) is 15.2 Å². The van der Waals surface area contributed by atoms with Crippen molar-refractivity contribution in [3.05, 3.63) is 4.88 Å². The van der Waals surface area contributed by atoms with Crippen molar-refractivity contribution >= 4 is 28.2 Å². The van der Waals surface area contributed by atoms with Crippen molar-refractivity contribution in [3.63, 3.8) is 0 Å². The highest BCUT2D eigenvalue weighted by atomic mass is 32.1. The molecule has 116 valence electrons. The van der Waals surface area contributed by atoms with E-state index in [0.717, 1.165) is 37.5 Å². The van der Waals surface area contributed by atoms with E-state index in [1.807, 2.05) is 0 Å². The van der Waals surface area contributed by atoms with Crippen molar-refractivity contribution in [1.29, 1.82) is 0 Å². The summed E-state index contributed by atoms with van der Waals surface area (Å²) in [5, 5.41) is 3.73. The van der Waals surface area contributed by atoms with Gasteiger partial charge in [0.15, 0.2) is 5.13 Å². The van der Waals surface area contributed by atoms with Crippen molar-refractivity contribution in [3.8, 4) is 0 Å². The Kier molecular flexibility index (Phi) is 4.27. The average molecular weight is 311 g/mol. The molecular weight excluding hydrogens is 290 g/mol. The molecule has 2 aliphatic heterocycles. The van der Waals surface area contributed by atoms with Crippen molar-refractivity contribution in [1.82, 2.24) is 10.3 Å². The lowest BCUT2D eigenvalue weighted by molar-refractivity contribution is 0.0934. The molecule has 1 aromatic rings. The van der Waals surface area contributed by atoms with Crippen LogP contribution in [0.2, 0.25) is 0 Å². The lowest BCUT2D eigenvalue weighted by atomic mass is 10.1. The maximum absolute atomic E-state index is 12.3. The highest BCUT2D eigenvalue weighted by Crippen LogP contribution is 2.30. The Hall–Kier alpha value is -1.38. The second kappa shape index (κ2) is 6.17. The fourth-order valence-corrected chi connectivity index (χ4v) is 3.62. The van der Waals surface area contributed by atoms with Crippen LogP contribution in [0.5, 0.6) is 0 Å². The molecule has 3 heterocycles. The Morgan fingerprint density at radius 3 is 3.05 bits per heavy atom. The van der Waals surface area contributed by atoms with Gasteiger partial charge >= 0.3 is 0 Å². The summed E-state index contributed by atoms with van der Waals surface area (Å²) in [5.41, 5.74) is 11.9. The molecular formula is C13H21N5O2S. The molecule has 5 N–H and O–H groups in total. The van der Waals surface area contributed by atoms with Crippen LogP contribution in [0.4, 0.5) is 10.9 Å². The number of nitrogens with two attached hydrogens (primary N) is 2. The molecule has 2 fully saturated rings. The fourth-order valence-electron chi connectivity index (χ4n) is 2.70. The maximum atomic E-state index is 12.3. The minimum absolute atomic E-state index is 0.0749. The van der Waals surface area contributed by atoms with Crippen molar-refractivity contribution in [2.75, 3.05) is 36.9 Å². The monoisotopic (exact) mass is 311 g/mol. The van der Waals surface area contributed by atoms with Crippen LogP contribution >= 0.6 is 11.3 Å². The van der Waals surface area contributed by atoms with Crippen LogP contribution in [-0.2, 0) is 4.74 Å². The first-order valence-corrected chi connectivity index (χ1v) is 8.10. The number of aromatic nitrogens is 1. The van der Waals surface area contributed by atoms with Crippen molar-refractivity contribution in [2.24, 2.45) is 5.73 Å². The van der Waals surface area contributed by atoms with E-state index in [0.29, 0.717) is 23.9 Å². The smallest absolute Gasteiger partial charge is 0.265 e. The molecule has 0 aliphatic carbocycles. The van der Waals surface area contributed by atoms with E-state index in [-0.39, 0.29) is 18.0 Å². The van der Waals surface area contributed by atoms with Crippen LogP contribution in [0.3, 0.4) is 0 Å². The van der Waals surface area contributed by atoms with Gasteiger partial charge in [0.25, 0.3) is 5.91 Å². The zero-order chi connectivity index (χ0) is 14.8. The van der Waals surface area contributed by atoms with Gasteiger partial charge in [0, 0.05) is 25.7 Å². The first-order valence-electron chi connectivity index (χ1n) is 7.29. The molecule has 8 heteroatoms. The predicted octanol–water partition coefficient (Wildman–Crippen LogP) is 0.172. The molecule has 0 saturated carbocycles. The van der Waals surface area contributed by atoms with Crippen LogP contribution in [0.1, 0.15) is 28.9 Å². The SMILES string of the molecule is Nc1nc(N2CCCC(N)C2)sc1C(=O)NC1CCOC1. The molecule has 0 aromatic carbocycles. The number of hydrogen-bond acceptors (Lipinski definition) is 7. The summed E-state index contributed by atoms with van der Waals surface area (Å²) in [7, 11) is 0. The lowest BCUT2D eigenvalue weighted by Crippen LogP contribution is -2.42. The van der Waals surface area contributed by atoms with Gasteiger partial charge < -0.3 is 26.4 Å². The van der Waals surface area contributed by atoms with Crippen LogP contribution in [0.25, 0.3) is 0 Å². The van der Waals surface area contributed by atoms with E-state index >= 15 is 0 Å². The van der Waals surface area contributed by atoms with Gasteiger partial charge in [-0.1, -0.05) is 11.3 Å². The Morgan fingerprint density at radius 2 is 2.33 bits per heavy atom. The zero-order valence-electron chi connectivity index (χ0n) is 11.9. The molecule has 0 radical (unpaired) electrons. The van der Waals surface area contributed by atoms with Crippen molar-refractivity contribution in [2.45, 2.75) is 31.3 Å². The average Bonchev–Trinajstić information content (AvgIpc) is 3.08. The van der Waals surface area contributed by atoms with E-state index in [4.69, 9.17) is 16.2 Å². The number of carbonyl (C=O) groups excluding carboxylic acids is 1. The molecule has 3 rings (SSSR count). The molecule has 2 aliphatic rings. The third kappa shape index (κ3) is 3.28. The number of anilines is 2. The number of carbonyl (C=O) groups is 1. The maximum Gasteiger partial charge on any atom is 0.265 e. The number of nitrogens with one attached hydrogen (secondary N) is 1. The summed E-state index contributed by atoms with van der Waals surface area (Å²) in [5.74, 6) is 0.138. The number of rotatable bonds is 3. The summed E-state index contributed by atoms with van der Waals surface area (Å²) < 4.78 is 5.26. The number of amides is 1. The third-order valence-electron chi connectivity index (χ3n) is 3.84. The van der Waals surface area contributed by atoms with Crippen molar-refractivity contribution < 1.29 is 9.53 Å². The highest BCUT2D eigenvalue weighted by Gasteiger charge is 2.25. The molecule has 2 saturated heterocycles. The van der Waals surface area contributed by atoms with E-state index < -0.39 is 0 Å². The Morgan fingerprint density at radius 1 is 1.48 bits per heavy atom. The molecule has 1 amide bonds. The molecule has 0 bridgehead atoms. The Labute approximate surface area is 127 Å². The number of piperidine rings is 1. The quantitative estimate of drug-likeness (QED) is 0.735. The third-order valence-corrected chi connectivity index (χ3v) is 4.97. The lowest BCUT2D eigenvalue weighted by Gasteiger charge is -2.30. The standard InChI is InChI=1S/C13H21N5O2S/c14-8-2-1-4-18(6-8)13-17-11(15)10(21-13)12(19)16-9-3-5-20-7-9/h8-9H,1-7,14-15H2,(H,16,19). The summed E-state index contributed by atoms with van der Waals surface area (Å²) in [6, 6.07) is 0.239. The Bertz CT molecular complexity index is 515. The first kappa shape index (κ1) is 14.6. The number of nitrogen functional groups attached to an aromatic ring is 1. The molecule has 1 aromatic heterocycles. The fraction of sp³-hybridized carbons (Fsp3) is 0.692. The summed E-state index contributed by atoms with van der Waals surface area (Å²) in [6.07, 6.45) is 2.92. The van der Waals surface area contributed by atoms with E-state index in [1.165, 1.54) is 11.3 Å². The summed E-state index contributed by atoms with van der Waals surface area (Å²) >= 11 is 1.34. The van der Waals surface area contributed by atoms with Crippen LogP contribution < -0.4 is 21.7 Å². The number of hydrogen-bond donors (Lipinski definition) is 3. The van der Waals surface area contributed by atoms with Gasteiger partial charge in [-0.15, -0.1) is 0 Å². The van der Waals surface area contributed by atoms with Gasteiger partial charge in [0.1, 0.15) is 10.7 Å². The van der Waals surface area contributed by atoms with Gasteiger partial charge in [-0.25, -0.2) is 4.98 Å². The van der Waals surface area contributed by atoms with Gasteiger partial charge in [0.05, 0.1) is 12.6 Å². The van der Waals surface area contributed by atoms with Gasteiger partial charge in [-0.3, -0.25) is 4.79 Å². The second-order valence-electron chi connectivity index (χ2n) is 5.59. The number of thiazole rings is 1. The van der Waals surface area contributed by atoms with Gasteiger partial charge in [-0.2, -0.15) is 0 Å².